The Labute approximate surface area is 155 Å². The van der Waals surface area contributed by atoms with Gasteiger partial charge in [-0.1, -0.05) is 18.2 Å². The third kappa shape index (κ3) is 3.92. The highest BCUT2D eigenvalue weighted by atomic mass is 32.2. The molecule has 2 aromatic rings. The zero-order chi connectivity index (χ0) is 19.6. The zero-order valence-electron chi connectivity index (χ0n) is 14.5. The summed E-state index contributed by atoms with van der Waals surface area (Å²) < 4.78 is 41.6. The molecule has 0 aliphatic carbocycles. The van der Waals surface area contributed by atoms with Gasteiger partial charge in [0.05, 0.1) is 22.4 Å². The fraction of sp³-hybridized carbons (Fsp3) is 0.294. The van der Waals surface area contributed by atoms with Crippen LogP contribution < -0.4 is 5.32 Å². The van der Waals surface area contributed by atoms with Gasteiger partial charge in [-0.25, -0.2) is 16.8 Å². The normalized spacial score (nSPS) is 17.4. The predicted molar refractivity (Wildman–Crippen MR) is 98.1 cm³/mol. The number of halogens is 1. The second-order valence-electron chi connectivity index (χ2n) is 6.21. The number of rotatable bonds is 6. The molecule has 1 atom stereocenters. The fourth-order valence-electron chi connectivity index (χ4n) is 2.88. The molecule has 1 unspecified atom stereocenters. The molecule has 0 saturated heterocycles. The average Bonchev–Trinajstić information content (AvgIpc) is 3.06. The van der Waals surface area contributed by atoms with Gasteiger partial charge < -0.3 is 5.11 Å². The maximum atomic E-state index is 14.3. The van der Waals surface area contributed by atoms with Crippen molar-refractivity contribution in [1.29, 1.82) is 0 Å². The second kappa shape index (κ2) is 7.59. The maximum Gasteiger partial charge on any atom is 0.265 e. The number of nitroso groups, excluding NO2 is 1. The Morgan fingerprint density at radius 1 is 1.41 bits per heavy atom. The van der Waals surface area contributed by atoms with Gasteiger partial charge in [0.1, 0.15) is 12.0 Å². The smallest absolute Gasteiger partial charge is 0.265 e. The highest BCUT2D eigenvalue weighted by molar-refractivity contribution is 7.93. The molecule has 0 radical (unpaired) electrons. The molecule has 2 N–H and O–H groups in total. The largest absolute Gasteiger partial charge is 0.378 e. The van der Waals surface area contributed by atoms with E-state index in [1.54, 1.807) is 6.07 Å². The van der Waals surface area contributed by atoms with Crippen molar-refractivity contribution in [2.75, 3.05) is 13.6 Å². The molecule has 27 heavy (non-hydrogen) atoms. The third-order valence-electron chi connectivity index (χ3n) is 4.21. The van der Waals surface area contributed by atoms with E-state index in [1.165, 1.54) is 43.6 Å². The molecular weight excluding hydrogens is 375 g/mol. The quantitative estimate of drug-likeness (QED) is 0.572. The Balaban J connectivity index is 2.13. The van der Waals surface area contributed by atoms with Crippen molar-refractivity contribution in [2.24, 2.45) is 5.29 Å². The Bertz CT molecular complexity index is 987. The van der Waals surface area contributed by atoms with Crippen LogP contribution in [0.1, 0.15) is 12.0 Å². The summed E-state index contributed by atoms with van der Waals surface area (Å²) in [7, 11) is -2.54. The van der Waals surface area contributed by atoms with Gasteiger partial charge in [0.25, 0.3) is 10.0 Å². The summed E-state index contributed by atoms with van der Waals surface area (Å²) in [6.45, 7) is 0.0347. The van der Waals surface area contributed by atoms with Crippen LogP contribution in [0.2, 0.25) is 0 Å². The first-order valence-electron chi connectivity index (χ1n) is 8.19. The molecule has 144 valence electrons. The Morgan fingerprint density at radius 2 is 2.15 bits per heavy atom. The van der Waals surface area contributed by atoms with Gasteiger partial charge in [0.15, 0.2) is 0 Å². The lowest BCUT2D eigenvalue weighted by Crippen LogP contribution is -2.36. The van der Waals surface area contributed by atoms with Gasteiger partial charge in [-0.2, -0.15) is 0 Å². The monoisotopic (exact) mass is 394 g/mol. The molecule has 0 fully saturated rings. The SMILES string of the molecule is CN(Cc1cc(-c2ccccc2F)n(S(=O)(=O)C2=CCC(O)NC2)c1)N=O. The lowest BCUT2D eigenvalue weighted by atomic mass is 10.1. The lowest BCUT2D eigenvalue weighted by molar-refractivity contribution is 0.140. The van der Waals surface area contributed by atoms with Crippen molar-refractivity contribution in [2.45, 2.75) is 19.2 Å². The fourth-order valence-corrected chi connectivity index (χ4v) is 4.39. The van der Waals surface area contributed by atoms with E-state index >= 15 is 0 Å². The molecule has 0 spiro atoms. The lowest BCUT2D eigenvalue weighted by Gasteiger charge is -2.20. The minimum Gasteiger partial charge on any atom is -0.378 e. The molecule has 1 aromatic carbocycles. The Hall–Kier alpha value is -2.56. The molecule has 8 nitrogen and oxygen atoms in total. The molecule has 0 amide bonds. The van der Waals surface area contributed by atoms with Crippen LogP contribution in [0.5, 0.6) is 0 Å². The van der Waals surface area contributed by atoms with Gasteiger partial charge in [-0.15, -0.1) is 4.91 Å². The van der Waals surface area contributed by atoms with Crippen molar-refractivity contribution in [1.82, 2.24) is 14.3 Å². The Kier molecular flexibility index (Phi) is 5.40. The minimum atomic E-state index is -3.99. The number of aliphatic hydroxyl groups is 1. The van der Waals surface area contributed by atoms with Crippen LogP contribution in [0.15, 0.2) is 52.8 Å². The van der Waals surface area contributed by atoms with Crippen LogP contribution in [-0.2, 0) is 16.6 Å². The number of hydrogen-bond acceptors (Lipinski definition) is 6. The zero-order valence-corrected chi connectivity index (χ0v) is 15.4. The van der Waals surface area contributed by atoms with Crippen LogP contribution in [0.3, 0.4) is 0 Å². The number of benzene rings is 1. The molecule has 10 heteroatoms. The van der Waals surface area contributed by atoms with Gasteiger partial charge in [0.2, 0.25) is 0 Å². The van der Waals surface area contributed by atoms with E-state index < -0.39 is 22.1 Å². The van der Waals surface area contributed by atoms with Gasteiger partial charge in [-0.3, -0.25) is 10.3 Å². The summed E-state index contributed by atoms with van der Waals surface area (Å²) >= 11 is 0. The van der Waals surface area contributed by atoms with E-state index in [4.69, 9.17) is 0 Å². The average molecular weight is 394 g/mol. The first-order chi connectivity index (χ1) is 12.8. The van der Waals surface area contributed by atoms with E-state index in [-0.39, 0.29) is 35.7 Å². The van der Waals surface area contributed by atoms with Crippen LogP contribution in [0, 0.1) is 10.7 Å². The van der Waals surface area contributed by atoms with Crippen molar-refractivity contribution in [3.8, 4) is 11.3 Å². The number of aliphatic hydroxyl groups excluding tert-OH is 1. The van der Waals surface area contributed by atoms with E-state index in [0.717, 1.165) is 8.98 Å². The summed E-state index contributed by atoms with van der Waals surface area (Å²) in [4.78, 5) is 10.7. The molecule has 1 aliphatic heterocycles. The molecule has 1 aliphatic rings. The van der Waals surface area contributed by atoms with Crippen molar-refractivity contribution in [3.05, 3.63) is 63.8 Å². The standard InChI is InChI=1S/C17H19FN4O4S/c1-21(20-24)10-12-8-16(14-4-2-3-5-15(14)18)22(11-12)27(25,26)13-6-7-17(23)19-9-13/h2-6,8,11,17,19,23H,7,9-10H2,1H3. The molecule has 0 bridgehead atoms. The van der Waals surface area contributed by atoms with Gasteiger partial charge in [0, 0.05) is 31.8 Å². The summed E-state index contributed by atoms with van der Waals surface area (Å²) in [6.07, 6.45) is 2.14. The third-order valence-corrected chi connectivity index (χ3v) is 6.01. The van der Waals surface area contributed by atoms with Crippen LogP contribution in [0.25, 0.3) is 11.3 Å². The number of nitrogens with one attached hydrogen (secondary N) is 1. The molecule has 0 saturated carbocycles. The number of aromatic nitrogens is 1. The summed E-state index contributed by atoms with van der Waals surface area (Å²) in [6, 6.07) is 7.37. The highest BCUT2D eigenvalue weighted by Gasteiger charge is 2.27. The van der Waals surface area contributed by atoms with Crippen molar-refractivity contribution >= 4 is 10.0 Å². The summed E-state index contributed by atoms with van der Waals surface area (Å²) in [5, 5.41) is 16.1. The highest BCUT2D eigenvalue weighted by Crippen LogP contribution is 2.29. The molecular formula is C17H19FN4O4S. The molecule has 2 heterocycles. The van der Waals surface area contributed by atoms with Crippen LogP contribution >= 0.6 is 0 Å². The van der Waals surface area contributed by atoms with E-state index in [9.17, 15) is 22.8 Å². The van der Waals surface area contributed by atoms with E-state index in [2.05, 4.69) is 10.6 Å². The van der Waals surface area contributed by atoms with Crippen molar-refractivity contribution < 1.29 is 17.9 Å². The maximum absolute atomic E-state index is 14.3. The first kappa shape index (κ1) is 19.2. The molecule has 3 rings (SSSR count). The second-order valence-corrected chi connectivity index (χ2v) is 8.08. The van der Waals surface area contributed by atoms with Crippen LogP contribution in [-0.4, -0.2) is 42.3 Å². The van der Waals surface area contributed by atoms with Crippen molar-refractivity contribution in [3.63, 3.8) is 0 Å². The minimum absolute atomic E-state index is 0.0382. The number of hydrogen-bond donors (Lipinski definition) is 2. The molecule has 1 aromatic heterocycles. The van der Waals surface area contributed by atoms with E-state index in [1.807, 2.05) is 0 Å². The topological polar surface area (TPSA) is 104 Å². The van der Waals surface area contributed by atoms with Crippen LogP contribution in [0.4, 0.5) is 4.39 Å². The summed E-state index contributed by atoms with van der Waals surface area (Å²) in [5.74, 6) is -0.563. The van der Waals surface area contributed by atoms with Gasteiger partial charge in [-0.05, 0) is 23.8 Å². The number of nitrogens with zero attached hydrogens (tertiary/aromatic N) is 3. The van der Waals surface area contributed by atoms with Gasteiger partial charge >= 0.3 is 0 Å². The predicted octanol–water partition coefficient (Wildman–Crippen LogP) is 1.78. The summed E-state index contributed by atoms with van der Waals surface area (Å²) in [5.41, 5.74) is 0.760. The van der Waals surface area contributed by atoms with E-state index in [0.29, 0.717) is 5.56 Å². The first-order valence-corrected chi connectivity index (χ1v) is 9.63. The Morgan fingerprint density at radius 3 is 2.78 bits per heavy atom.